The monoisotopic (exact) mass is 272 g/mol. The predicted octanol–water partition coefficient (Wildman–Crippen LogP) is 2.45. The van der Waals surface area contributed by atoms with Crippen LogP contribution in [0.25, 0.3) is 11.1 Å². The molecule has 0 aromatic heterocycles. The van der Waals surface area contributed by atoms with Gasteiger partial charge in [-0.1, -0.05) is 12.1 Å². The molecular formula is C16H20N2O2. The molecule has 4 N–H and O–H groups in total. The third-order valence-corrected chi connectivity index (χ3v) is 3.21. The van der Waals surface area contributed by atoms with Crippen molar-refractivity contribution in [2.45, 2.75) is 6.42 Å². The zero-order valence-electron chi connectivity index (χ0n) is 11.8. The van der Waals surface area contributed by atoms with Gasteiger partial charge in [0.1, 0.15) is 0 Å². The largest absolute Gasteiger partial charge is 0.493 e. The number of benzene rings is 2. The Morgan fingerprint density at radius 2 is 1.65 bits per heavy atom. The van der Waals surface area contributed by atoms with Crippen LogP contribution in [0.3, 0.4) is 0 Å². The first-order valence-corrected chi connectivity index (χ1v) is 6.50. The molecule has 0 saturated carbocycles. The van der Waals surface area contributed by atoms with Gasteiger partial charge in [-0.15, -0.1) is 0 Å². The van der Waals surface area contributed by atoms with Crippen molar-refractivity contribution in [2.75, 3.05) is 26.5 Å². The molecule has 0 spiro atoms. The van der Waals surface area contributed by atoms with Crippen molar-refractivity contribution in [1.29, 1.82) is 0 Å². The van der Waals surface area contributed by atoms with Crippen LogP contribution in [0, 0.1) is 0 Å². The number of nitrogens with two attached hydrogens (primary N) is 2. The number of anilines is 1. The lowest BCUT2D eigenvalue weighted by atomic mass is 10.00. The summed E-state index contributed by atoms with van der Waals surface area (Å²) in [5.41, 5.74) is 15.3. The molecule has 0 radical (unpaired) electrons. The third kappa shape index (κ3) is 2.86. The maximum Gasteiger partial charge on any atom is 0.163 e. The fourth-order valence-corrected chi connectivity index (χ4v) is 2.23. The van der Waals surface area contributed by atoms with Crippen LogP contribution in [0.4, 0.5) is 5.69 Å². The van der Waals surface area contributed by atoms with Crippen molar-refractivity contribution in [3.05, 3.63) is 42.0 Å². The molecule has 0 aliphatic rings. The van der Waals surface area contributed by atoms with Gasteiger partial charge in [-0.3, -0.25) is 0 Å². The van der Waals surface area contributed by atoms with E-state index in [1.165, 1.54) is 0 Å². The topological polar surface area (TPSA) is 70.5 Å². The molecule has 0 atom stereocenters. The van der Waals surface area contributed by atoms with Gasteiger partial charge in [-0.05, 0) is 53.9 Å². The van der Waals surface area contributed by atoms with Crippen LogP contribution in [0.5, 0.6) is 11.5 Å². The predicted molar refractivity (Wildman–Crippen MR) is 82.2 cm³/mol. The van der Waals surface area contributed by atoms with Crippen LogP contribution in [-0.2, 0) is 6.42 Å². The Bertz CT molecular complexity index is 580. The van der Waals surface area contributed by atoms with Crippen LogP contribution in [0.1, 0.15) is 5.56 Å². The lowest BCUT2D eigenvalue weighted by Crippen LogP contribution is -2.05. The Labute approximate surface area is 119 Å². The van der Waals surface area contributed by atoms with E-state index in [9.17, 15) is 0 Å². The molecule has 4 heteroatoms. The molecular weight excluding hydrogens is 252 g/mol. The van der Waals surface area contributed by atoms with E-state index in [0.717, 1.165) is 34.5 Å². The van der Waals surface area contributed by atoms with Crippen LogP contribution in [-0.4, -0.2) is 20.8 Å². The molecule has 0 heterocycles. The van der Waals surface area contributed by atoms with E-state index < -0.39 is 0 Å². The lowest BCUT2D eigenvalue weighted by Gasteiger charge is -2.15. The second-order valence-corrected chi connectivity index (χ2v) is 4.53. The Morgan fingerprint density at radius 3 is 2.20 bits per heavy atom. The SMILES string of the molecule is COc1cc(-c2ccc(N)cc2)cc(CCN)c1OC. The standard InChI is InChI=1S/C16H20N2O2/c1-19-15-10-13(11-3-5-14(18)6-4-11)9-12(7-8-17)16(15)20-2/h3-6,9-10H,7-8,17-18H2,1-2H3. The Morgan fingerprint density at radius 1 is 0.950 bits per heavy atom. The summed E-state index contributed by atoms with van der Waals surface area (Å²) in [4.78, 5) is 0. The number of ether oxygens (including phenoxy) is 2. The minimum absolute atomic E-state index is 0.560. The van der Waals surface area contributed by atoms with E-state index in [-0.39, 0.29) is 0 Å². The van der Waals surface area contributed by atoms with Gasteiger partial charge < -0.3 is 20.9 Å². The zero-order valence-corrected chi connectivity index (χ0v) is 11.8. The average molecular weight is 272 g/mol. The van der Waals surface area contributed by atoms with E-state index in [4.69, 9.17) is 20.9 Å². The van der Waals surface area contributed by atoms with Gasteiger partial charge in [-0.2, -0.15) is 0 Å². The van der Waals surface area contributed by atoms with E-state index in [1.54, 1.807) is 14.2 Å². The number of nitrogen functional groups attached to an aromatic ring is 1. The summed E-state index contributed by atoms with van der Waals surface area (Å²) in [6.07, 6.45) is 0.738. The number of methoxy groups -OCH3 is 2. The molecule has 0 unspecified atom stereocenters. The Balaban J connectivity index is 2.53. The number of rotatable bonds is 5. The van der Waals surface area contributed by atoms with Gasteiger partial charge in [0.2, 0.25) is 0 Å². The number of hydrogen-bond acceptors (Lipinski definition) is 4. The van der Waals surface area contributed by atoms with Crippen LogP contribution >= 0.6 is 0 Å². The Kier molecular flexibility index (Phi) is 4.48. The molecule has 2 rings (SSSR count). The second-order valence-electron chi connectivity index (χ2n) is 4.53. The molecule has 2 aromatic rings. The normalized spacial score (nSPS) is 10.3. The van der Waals surface area contributed by atoms with Crippen molar-refractivity contribution in [2.24, 2.45) is 5.73 Å². The third-order valence-electron chi connectivity index (χ3n) is 3.21. The first-order chi connectivity index (χ1) is 9.69. The maximum absolute atomic E-state index is 5.72. The molecule has 0 aliphatic carbocycles. The summed E-state index contributed by atoms with van der Waals surface area (Å²) >= 11 is 0. The molecule has 20 heavy (non-hydrogen) atoms. The second kappa shape index (κ2) is 6.30. The highest BCUT2D eigenvalue weighted by Gasteiger charge is 2.12. The van der Waals surface area contributed by atoms with Gasteiger partial charge in [0.15, 0.2) is 11.5 Å². The molecule has 2 aromatic carbocycles. The van der Waals surface area contributed by atoms with Gasteiger partial charge in [-0.25, -0.2) is 0 Å². The molecule has 0 saturated heterocycles. The molecule has 0 amide bonds. The van der Waals surface area contributed by atoms with Crippen LogP contribution in [0.15, 0.2) is 36.4 Å². The van der Waals surface area contributed by atoms with Gasteiger partial charge >= 0.3 is 0 Å². The first-order valence-electron chi connectivity index (χ1n) is 6.50. The van der Waals surface area contributed by atoms with E-state index >= 15 is 0 Å². The number of hydrogen-bond donors (Lipinski definition) is 2. The fraction of sp³-hybridized carbons (Fsp3) is 0.250. The summed E-state index contributed by atoms with van der Waals surface area (Å²) in [7, 11) is 3.28. The van der Waals surface area contributed by atoms with Gasteiger partial charge in [0, 0.05) is 5.69 Å². The average Bonchev–Trinajstić information content (AvgIpc) is 2.47. The highest BCUT2D eigenvalue weighted by molar-refractivity contribution is 5.70. The van der Waals surface area contributed by atoms with Crippen molar-refractivity contribution in [3.63, 3.8) is 0 Å². The van der Waals surface area contributed by atoms with E-state index in [1.807, 2.05) is 30.3 Å². The molecule has 0 fully saturated rings. The fourth-order valence-electron chi connectivity index (χ4n) is 2.23. The van der Waals surface area contributed by atoms with E-state index in [0.29, 0.717) is 12.3 Å². The zero-order chi connectivity index (χ0) is 14.5. The highest BCUT2D eigenvalue weighted by Crippen LogP contribution is 2.36. The molecule has 106 valence electrons. The smallest absolute Gasteiger partial charge is 0.163 e. The maximum atomic E-state index is 5.72. The minimum atomic E-state index is 0.560. The quantitative estimate of drug-likeness (QED) is 0.820. The lowest BCUT2D eigenvalue weighted by molar-refractivity contribution is 0.352. The molecule has 0 aliphatic heterocycles. The van der Waals surface area contributed by atoms with E-state index in [2.05, 4.69) is 6.07 Å². The van der Waals surface area contributed by atoms with Crippen molar-refractivity contribution < 1.29 is 9.47 Å². The van der Waals surface area contributed by atoms with Crippen molar-refractivity contribution in [3.8, 4) is 22.6 Å². The Hall–Kier alpha value is -2.20. The minimum Gasteiger partial charge on any atom is -0.493 e. The summed E-state index contributed by atoms with van der Waals surface area (Å²) < 4.78 is 10.8. The van der Waals surface area contributed by atoms with Crippen LogP contribution in [0.2, 0.25) is 0 Å². The van der Waals surface area contributed by atoms with Gasteiger partial charge in [0.05, 0.1) is 14.2 Å². The summed E-state index contributed by atoms with van der Waals surface area (Å²) in [6, 6.07) is 11.8. The van der Waals surface area contributed by atoms with Crippen molar-refractivity contribution in [1.82, 2.24) is 0 Å². The first kappa shape index (κ1) is 14.2. The van der Waals surface area contributed by atoms with Gasteiger partial charge in [0.25, 0.3) is 0 Å². The summed E-state index contributed by atoms with van der Waals surface area (Å²) in [5.74, 6) is 1.46. The molecule has 4 nitrogen and oxygen atoms in total. The summed E-state index contributed by atoms with van der Waals surface area (Å²) in [6.45, 7) is 0.560. The highest BCUT2D eigenvalue weighted by atomic mass is 16.5. The van der Waals surface area contributed by atoms with Crippen molar-refractivity contribution >= 4 is 5.69 Å². The van der Waals surface area contributed by atoms with Crippen LogP contribution < -0.4 is 20.9 Å². The molecule has 0 bridgehead atoms. The summed E-state index contributed by atoms with van der Waals surface area (Å²) in [5, 5.41) is 0.